The summed E-state index contributed by atoms with van der Waals surface area (Å²) in [5.74, 6) is -3.49. The van der Waals surface area contributed by atoms with Crippen molar-refractivity contribution in [2.24, 2.45) is 0 Å². The number of hydrogen-bond acceptors (Lipinski definition) is 15. The smallest absolute Gasteiger partial charge is 0.328 e. The number of nitrogens with zero attached hydrogens (tertiary/aromatic N) is 2. The second-order valence-corrected chi connectivity index (χ2v) is 17.8. The topological polar surface area (TPSA) is 270 Å². The number of allylic oxidation sites excluding steroid dienone is 4. The summed E-state index contributed by atoms with van der Waals surface area (Å²) in [6.45, 7) is 8.38. The van der Waals surface area contributed by atoms with E-state index in [2.05, 4.69) is 61.4 Å². The Morgan fingerprint density at radius 2 is 1.14 bits per heavy atom. The number of rotatable bonds is 13. The van der Waals surface area contributed by atoms with Crippen LogP contribution in [0.15, 0.2) is 84.2 Å². The minimum Gasteiger partial charge on any atom is -0.456 e. The zero-order valence-corrected chi connectivity index (χ0v) is 42.6. The molecule has 0 saturated carbocycles. The van der Waals surface area contributed by atoms with Crippen LogP contribution in [-0.2, 0) is 56.1 Å². The van der Waals surface area contributed by atoms with Crippen LogP contribution in [0.4, 0.5) is 0 Å². The number of carbonyl (C=O) groups excluding carboxylic acids is 9. The predicted molar refractivity (Wildman–Crippen MR) is 271 cm³/mol. The maximum Gasteiger partial charge on any atom is 0.328 e. The van der Waals surface area contributed by atoms with Gasteiger partial charge >= 0.3 is 11.9 Å². The zero-order valence-electron chi connectivity index (χ0n) is 40.9. The third-order valence-electron chi connectivity index (χ3n) is 10.3. The number of nitrogens with one attached hydrogen (secondary N) is 6. The average molecular weight is 1020 g/mol. The molecule has 6 N–H and O–H groups in total. The number of unbranched alkanes of at least 4 members (excludes halogenated alkanes) is 4. The first kappa shape index (κ1) is 58.7. The lowest BCUT2D eigenvalue weighted by atomic mass is 10.1. The summed E-state index contributed by atoms with van der Waals surface area (Å²) in [6, 6.07) is 7.53. The molecule has 21 heteroatoms. The summed E-state index contributed by atoms with van der Waals surface area (Å²) in [4.78, 5) is 121. The molecule has 0 saturated heterocycles. The Morgan fingerprint density at radius 3 is 1.59 bits per heavy atom. The first-order valence-corrected chi connectivity index (χ1v) is 25.2. The average Bonchev–Trinajstić information content (AvgIpc) is 3.35. The molecule has 0 unspecified atom stereocenters. The quantitative estimate of drug-likeness (QED) is 0.0470. The van der Waals surface area contributed by atoms with Gasteiger partial charge in [0.2, 0.25) is 11.8 Å². The number of amides is 6. The number of ether oxygens (including phenoxy) is 2. The molecule has 4 rings (SSSR count). The lowest BCUT2D eigenvalue weighted by molar-refractivity contribution is -0.152. The fraction of sp³-hybridized carbons (Fsp3) is 0.460. The van der Waals surface area contributed by atoms with Gasteiger partial charge < -0.3 is 41.4 Å². The Hall–Kier alpha value is -6.61. The van der Waals surface area contributed by atoms with Gasteiger partial charge in [-0.2, -0.15) is 12.6 Å². The number of fused-ring (bicyclic) bond motifs is 4. The van der Waals surface area contributed by atoms with Gasteiger partial charge in [-0.3, -0.25) is 33.6 Å². The van der Waals surface area contributed by atoms with Crippen molar-refractivity contribution in [1.82, 2.24) is 41.9 Å². The Labute approximate surface area is 424 Å². The third-order valence-corrected chi connectivity index (χ3v) is 11.5. The number of thiol groups is 1. The molecular weight excluding hydrogens is 953 g/mol. The van der Waals surface area contributed by atoms with Crippen LogP contribution in [0.2, 0.25) is 0 Å². The first-order valence-electron chi connectivity index (χ1n) is 23.6. The molecule has 4 bridgehead atoms. The summed E-state index contributed by atoms with van der Waals surface area (Å²) >= 11 is 5.41. The van der Waals surface area contributed by atoms with Crippen LogP contribution in [0.25, 0.3) is 0 Å². The van der Waals surface area contributed by atoms with Crippen LogP contribution in [0.3, 0.4) is 0 Å². The summed E-state index contributed by atoms with van der Waals surface area (Å²) in [5, 5.41) is 15.6. The Bertz CT molecular complexity index is 2320. The summed E-state index contributed by atoms with van der Waals surface area (Å²) in [6.07, 6.45) is 15.0. The molecule has 19 nitrogen and oxygen atoms in total. The van der Waals surface area contributed by atoms with Gasteiger partial charge in [-0.25, -0.2) is 19.6 Å². The molecule has 0 aromatic carbocycles. The fourth-order valence-corrected chi connectivity index (χ4v) is 7.33. The maximum absolute atomic E-state index is 12.7. The van der Waals surface area contributed by atoms with E-state index in [9.17, 15) is 43.2 Å². The van der Waals surface area contributed by atoms with Crippen molar-refractivity contribution in [3.8, 4) is 0 Å². The van der Waals surface area contributed by atoms with Gasteiger partial charge in [-0.1, -0.05) is 80.8 Å². The van der Waals surface area contributed by atoms with Gasteiger partial charge in [0, 0.05) is 12.2 Å². The van der Waals surface area contributed by atoms with Crippen molar-refractivity contribution in [2.45, 2.75) is 136 Å². The maximum atomic E-state index is 12.7. The van der Waals surface area contributed by atoms with E-state index in [-0.39, 0.29) is 65.6 Å². The van der Waals surface area contributed by atoms with Crippen LogP contribution in [0.1, 0.15) is 131 Å². The second-order valence-electron chi connectivity index (χ2n) is 16.2. The minimum atomic E-state index is -1.04. The minimum absolute atomic E-state index is 0.0255. The molecule has 0 spiro atoms. The van der Waals surface area contributed by atoms with Gasteiger partial charge in [-0.05, 0) is 89.1 Å². The fourth-order valence-electron chi connectivity index (χ4n) is 6.41. The number of hydrogen-bond donors (Lipinski definition) is 7. The van der Waals surface area contributed by atoms with Crippen LogP contribution < -0.4 is 31.9 Å². The van der Waals surface area contributed by atoms with E-state index in [1.165, 1.54) is 62.7 Å². The van der Waals surface area contributed by atoms with E-state index in [4.69, 9.17) is 9.47 Å². The highest BCUT2D eigenvalue weighted by molar-refractivity contribution is 8.13. The van der Waals surface area contributed by atoms with E-state index in [0.29, 0.717) is 42.2 Å². The second kappa shape index (κ2) is 32.3. The van der Waals surface area contributed by atoms with Crippen molar-refractivity contribution >= 4 is 76.9 Å². The largest absolute Gasteiger partial charge is 0.456 e. The van der Waals surface area contributed by atoms with E-state index < -0.39 is 59.9 Å². The highest BCUT2D eigenvalue weighted by Crippen LogP contribution is 2.14. The lowest BCUT2D eigenvalue weighted by Crippen LogP contribution is -2.44. The van der Waals surface area contributed by atoms with Gasteiger partial charge in [0.05, 0.1) is 37.3 Å². The molecule has 0 fully saturated rings. The molecule has 4 heterocycles. The first-order chi connectivity index (χ1) is 34.1. The van der Waals surface area contributed by atoms with Crippen LogP contribution in [0, 0.1) is 0 Å². The van der Waals surface area contributed by atoms with Crippen molar-refractivity contribution in [2.75, 3.05) is 11.5 Å². The SMILES string of the molecule is C/C=C1\NC(=O)c2cccc(n2)CNC(=O)C[C@@H](/C=C/CCS)OC(=O)[C@H](C)NC1=O.C/C=C1\NC(=O)c2cccc(n2)CNC(=O)C[C@@H](/C=C/CCSC(=O)CCCCCCC)OC(=O)[C@H](C)NC1=O. The number of esters is 2. The van der Waals surface area contributed by atoms with Crippen LogP contribution in [-0.4, -0.2) is 98.3 Å². The summed E-state index contributed by atoms with van der Waals surface area (Å²) < 4.78 is 10.9. The van der Waals surface area contributed by atoms with Gasteiger partial charge in [0.1, 0.15) is 47.1 Å². The lowest BCUT2D eigenvalue weighted by Gasteiger charge is -2.19. The van der Waals surface area contributed by atoms with Crippen molar-refractivity contribution in [3.63, 3.8) is 0 Å². The van der Waals surface area contributed by atoms with Crippen LogP contribution >= 0.6 is 24.4 Å². The highest BCUT2D eigenvalue weighted by Gasteiger charge is 2.26. The number of pyridine rings is 2. The van der Waals surface area contributed by atoms with E-state index in [0.717, 1.165) is 19.3 Å². The molecular formula is C50H66N8O11S2. The number of carbonyl (C=O) groups is 9. The van der Waals surface area contributed by atoms with Crippen LogP contribution in [0.5, 0.6) is 0 Å². The zero-order chi connectivity index (χ0) is 52.1. The molecule has 2 aromatic rings. The number of thioether (sulfide) groups is 1. The Kier molecular flexibility index (Phi) is 26.7. The van der Waals surface area contributed by atoms with Crippen molar-refractivity contribution in [3.05, 3.63) is 107 Å². The summed E-state index contributed by atoms with van der Waals surface area (Å²) in [5.41, 5.74) is 1.01. The standard InChI is InChI=1S/C29H40N4O6S.C21H26N4O5S/c1-4-6-7-8-9-16-26(35)40-17-11-10-14-22-18-25(34)30-19-21-13-12-15-24(32-21)28(37)33-23(5-2)27(36)31-20(3)29(38)39-22;1-3-16-19(27)23-13(2)21(29)30-15(8-4-5-10-31)11-18(26)22-12-14-7-6-9-17(24-14)20(28)25-16/h5,10,12-15,20,22H,4,6-9,11,16-19H2,1-3H3,(H,30,34)(H,31,36)(H,33,37);3-4,6-9,13,15,31H,5,10-12H2,1-2H3,(H,22,26)(H,23,27)(H,25,28)/b14-10+,23-5-;8-4+,16-3-/t20-,22+;13-,15+/m00/s1. The number of aromatic nitrogens is 2. The van der Waals surface area contributed by atoms with Gasteiger partial charge in [0.15, 0.2) is 5.12 Å². The molecule has 2 aliphatic heterocycles. The third kappa shape index (κ3) is 22.3. The van der Waals surface area contributed by atoms with Crippen molar-refractivity contribution < 1.29 is 52.6 Å². The molecule has 0 radical (unpaired) electrons. The van der Waals surface area contributed by atoms with Crippen molar-refractivity contribution in [1.29, 1.82) is 0 Å². The number of cyclic esters (lactones) is 2. The summed E-state index contributed by atoms with van der Waals surface area (Å²) in [7, 11) is 0. The highest BCUT2D eigenvalue weighted by atomic mass is 32.2. The van der Waals surface area contributed by atoms with E-state index in [1.807, 2.05) is 0 Å². The van der Waals surface area contributed by atoms with E-state index >= 15 is 0 Å². The molecule has 4 atom stereocenters. The normalized spacial score (nSPS) is 21.2. The molecule has 71 heavy (non-hydrogen) atoms. The van der Waals surface area contributed by atoms with Gasteiger partial charge in [0.25, 0.3) is 23.6 Å². The molecule has 0 aliphatic carbocycles. The molecule has 384 valence electrons. The molecule has 6 amide bonds. The Balaban J connectivity index is 0.000000387. The van der Waals surface area contributed by atoms with Gasteiger partial charge in [-0.15, -0.1) is 0 Å². The predicted octanol–water partition coefficient (Wildman–Crippen LogP) is 4.75. The van der Waals surface area contributed by atoms with E-state index in [1.54, 1.807) is 62.4 Å². The molecule has 2 aliphatic rings. The molecule has 2 aromatic heterocycles. The Morgan fingerprint density at radius 1 is 0.676 bits per heavy atom. The monoisotopic (exact) mass is 1020 g/mol.